The number of hydrogen-bond donors (Lipinski definition) is 2. The third kappa shape index (κ3) is 16.8. The number of carbonyl (C=O) groups is 1. The minimum atomic E-state index is -1.02. The molecule has 1 aromatic carbocycles. The third-order valence-electron chi connectivity index (χ3n) is 4.08. The van der Waals surface area contributed by atoms with Gasteiger partial charge in [0.05, 0.1) is 10.6 Å². The Morgan fingerprint density at radius 2 is 1.60 bits per heavy atom. The van der Waals surface area contributed by atoms with E-state index in [-0.39, 0.29) is 18.0 Å². The molecular formula is C23H34ClI3NO2-. The summed E-state index contributed by atoms with van der Waals surface area (Å²) in [6.07, 6.45) is 11.1. The van der Waals surface area contributed by atoms with Crippen LogP contribution in [-0.4, -0.2) is 17.6 Å². The molecule has 0 radical (unpaired) electrons. The summed E-state index contributed by atoms with van der Waals surface area (Å²) >= 11 is 11.2. The van der Waals surface area contributed by atoms with E-state index >= 15 is 0 Å². The first-order chi connectivity index (χ1) is 13.7. The summed E-state index contributed by atoms with van der Waals surface area (Å²) in [5.41, 5.74) is 5.01. The fourth-order valence-corrected chi connectivity index (χ4v) is 2.68. The number of carboxylic acids is 1. The number of nitrogens with one attached hydrogen (secondary N) is 1. The SMILES string of the molecule is C.CC(C)=CCC/C(C)=C/CC/C(C)=C/CNc1ccc(Cl)c(C(=O)O)c1.I[I-]I. The Morgan fingerprint density at radius 3 is 2.13 bits per heavy atom. The minimum absolute atomic E-state index is 0. The molecule has 0 fully saturated rings. The fraction of sp³-hybridized carbons (Fsp3) is 0.435. The van der Waals surface area contributed by atoms with Crippen molar-refractivity contribution in [2.45, 2.75) is 60.8 Å². The van der Waals surface area contributed by atoms with Crippen LogP contribution in [-0.2, 0) is 0 Å². The summed E-state index contributed by atoms with van der Waals surface area (Å²) in [5, 5.41) is 12.6. The predicted octanol–water partition coefficient (Wildman–Crippen LogP) is 6.28. The first-order valence-corrected chi connectivity index (χ1v) is 22.2. The van der Waals surface area contributed by atoms with E-state index in [0.717, 1.165) is 31.4 Å². The van der Waals surface area contributed by atoms with E-state index in [9.17, 15) is 4.79 Å². The molecule has 172 valence electrons. The Balaban J connectivity index is 0. The molecule has 0 amide bonds. The molecule has 0 saturated heterocycles. The Labute approximate surface area is 217 Å². The van der Waals surface area contributed by atoms with E-state index in [4.69, 9.17) is 16.7 Å². The molecule has 1 aromatic rings. The van der Waals surface area contributed by atoms with Crippen molar-refractivity contribution in [2.75, 3.05) is 11.9 Å². The van der Waals surface area contributed by atoms with E-state index in [1.165, 1.54) is 16.7 Å². The van der Waals surface area contributed by atoms with E-state index in [1.54, 1.807) is 18.2 Å². The van der Waals surface area contributed by atoms with Crippen LogP contribution in [0.25, 0.3) is 0 Å². The molecule has 3 nitrogen and oxygen atoms in total. The van der Waals surface area contributed by atoms with Crippen molar-refractivity contribution in [1.82, 2.24) is 0 Å². The van der Waals surface area contributed by atoms with Crippen LogP contribution < -0.4 is 18.6 Å². The van der Waals surface area contributed by atoms with Gasteiger partial charge in [-0.1, -0.05) is 54.0 Å². The van der Waals surface area contributed by atoms with Gasteiger partial charge in [-0.15, -0.1) is 0 Å². The fourth-order valence-electron chi connectivity index (χ4n) is 2.48. The van der Waals surface area contributed by atoms with Crippen molar-refractivity contribution in [1.29, 1.82) is 0 Å². The Morgan fingerprint density at radius 1 is 1.07 bits per heavy atom. The summed E-state index contributed by atoms with van der Waals surface area (Å²) in [5.74, 6) is -1.02. The molecule has 0 saturated carbocycles. The molecule has 0 heterocycles. The molecule has 0 spiro atoms. The van der Waals surface area contributed by atoms with Crippen LogP contribution in [0.5, 0.6) is 0 Å². The molecule has 0 atom stereocenters. The van der Waals surface area contributed by atoms with Crippen molar-refractivity contribution < 1.29 is 23.2 Å². The molecular weight excluding hydrogens is 738 g/mol. The molecule has 0 aliphatic rings. The van der Waals surface area contributed by atoms with Crippen LogP contribution in [0.2, 0.25) is 5.02 Å². The second kappa shape index (κ2) is 19.8. The monoisotopic (exact) mass is 772 g/mol. The van der Waals surface area contributed by atoms with Crippen molar-refractivity contribution >= 4 is 60.5 Å². The van der Waals surface area contributed by atoms with Crippen LogP contribution >= 0.6 is 48.8 Å². The van der Waals surface area contributed by atoms with Crippen molar-refractivity contribution in [2.24, 2.45) is 0 Å². The van der Waals surface area contributed by atoms with Crippen LogP contribution in [0.4, 0.5) is 5.69 Å². The molecule has 1 rings (SSSR count). The van der Waals surface area contributed by atoms with Crippen molar-refractivity contribution in [3.8, 4) is 0 Å². The molecule has 0 aliphatic carbocycles. The normalized spacial score (nSPS) is 11.2. The van der Waals surface area contributed by atoms with Gasteiger partial charge in [0, 0.05) is 12.2 Å². The summed E-state index contributed by atoms with van der Waals surface area (Å²) in [7, 11) is 0. The second-order valence-electron chi connectivity index (χ2n) is 6.89. The van der Waals surface area contributed by atoms with Crippen molar-refractivity contribution in [3.05, 3.63) is 63.7 Å². The van der Waals surface area contributed by atoms with Gasteiger partial charge in [0.15, 0.2) is 0 Å². The zero-order valence-electron chi connectivity index (χ0n) is 17.4. The Kier molecular flexibility index (Phi) is 21.4. The number of allylic oxidation sites excluding steroid dienone is 5. The maximum absolute atomic E-state index is 11.1. The number of anilines is 1. The summed E-state index contributed by atoms with van der Waals surface area (Å²) in [4.78, 5) is 11.1. The average molecular weight is 773 g/mol. The summed E-state index contributed by atoms with van der Waals surface area (Å²) < 4.78 is 0. The van der Waals surface area contributed by atoms with Gasteiger partial charge in [-0.05, 0) is 71.6 Å². The zero-order chi connectivity index (χ0) is 22.2. The maximum atomic E-state index is 11.1. The van der Waals surface area contributed by atoms with Gasteiger partial charge in [-0.2, -0.15) is 0 Å². The number of rotatable bonds is 10. The van der Waals surface area contributed by atoms with Gasteiger partial charge in [0.25, 0.3) is 0 Å². The summed E-state index contributed by atoms with van der Waals surface area (Å²) in [6, 6.07) is 4.95. The van der Waals surface area contributed by atoms with Gasteiger partial charge in [0.2, 0.25) is 0 Å². The second-order valence-corrected chi connectivity index (χ2v) is 23.5. The van der Waals surface area contributed by atoms with Gasteiger partial charge >= 0.3 is 56.5 Å². The topological polar surface area (TPSA) is 49.3 Å². The zero-order valence-corrected chi connectivity index (χ0v) is 24.6. The predicted molar refractivity (Wildman–Crippen MR) is 147 cm³/mol. The van der Waals surface area contributed by atoms with E-state index in [2.05, 4.69) is 88.5 Å². The average Bonchev–Trinajstić information content (AvgIpc) is 2.63. The molecule has 0 unspecified atom stereocenters. The van der Waals surface area contributed by atoms with Crippen LogP contribution in [0.15, 0.2) is 53.1 Å². The number of hydrogen-bond acceptors (Lipinski definition) is 2. The van der Waals surface area contributed by atoms with Crippen LogP contribution in [0, 0.1) is 0 Å². The standard InChI is InChI=1S/C22H30ClNO2.CH4.I3/c1-16(2)7-5-8-17(3)9-6-10-18(4)13-14-24-19-11-12-21(23)20(15-19)22(25)26;;1-3-2/h7,9,11-13,15,24H,5-6,8,10,14H2,1-4H3,(H,25,26);1H4;/q;;-1/b17-9+,18-13+;;. The van der Waals surface area contributed by atoms with Gasteiger partial charge in [-0.3, -0.25) is 0 Å². The molecule has 0 aromatic heterocycles. The van der Waals surface area contributed by atoms with E-state index in [0.29, 0.717) is 19.8 Å². The van der Waals surface area contributed by atoms with E-state index < -0.39 is 5.97 Å². The Bertz CT molecular complexity index is 727. The quantitative estimate of drug-likeness (QED) is 0.218. The molecule has 0 bridgehead atoms. The van der Waals surface area contributed by atoms with Gasteiger partial charge < -0.3 is 10.4 Å². The first kappa shape index (κ1) is 32.4. The molecule has 2 N–H and O–H groups in total. The van der Waals surface area contributed by atoms with Crippen LogP contribution in [0.3, 0.4) is 0 Å². The number of aromatic carboxylic acids is 1. The van der Waals surface area contributed by atoms with Crippen molar-refractivity contribution in [3.63, 3.8) is 0 Å². The van der Waals surface area contributed by atoms with Gasteiger partial charge in [-0.25, -0.2) is 4.79 Å². The third-order valence-corrected chi connectivity index (χ3v) is 4.41. The summed E-state index contributed by atoms with van der Waals surface area (Å²) in [6.45, 7) is 9.25. The first-order valence-electron chi connectivity index (χ1n) is 9.29. The number of carboxylic acid groups (broad SMARTS) is 1. The van der Waals surface area contributed by atoms with Crippen LogP contribution in [0.1, 0.15) is 71.2 Å². The van der Waals surface area contributed by atoms with Gasteiger partial charge in [0.1, 0.15) is 0 Å². The number of benzene rings is 1. The Hall–Kier alpha value is 0.190. The molecule has 7 heteroatoms. The number of halogens is 4. The molecule has 0 aliphatic heterocycles. The molecule has 30 heavy (non-hydrogen) atoms. The van der Waals surface area contributed by atoms with E-state index in [1.807, 2.05) is 0 Å².